The van der Waals surface area contributed by atoms with E-state index >= 15 is 0 Å². The van der Waals surface area contributed by atoms with Gasteiger partial charge >= 0.3 is 0 Å². The highest BCUT2D eigenvalue weighted by Gasteiger charge is 2.17. The second kappa shape index (κ2) is 9.27. The van der Waals surface area contributed by atoms with Crippen molar-refractivity contribution in [1.29, 1.82) is 0 Å². The number of amides is 2. The van der Waals surface area contributed by atoms with E-state index in [1.165, 1.54) is 31.7 Å². The molecule has 1 heterocycles. The van der Waals surface area contributed by atoms with Crippen LogP contribution in [0.5, 0.6) is 0 Å². The maximum Gasteiger partial charge on any atom is 0.249 e. The quantitative estimate of drug-likeness (QED) is 0.357. The first-order valence-corrected chi connectivity index (χ1v) is 11.2. The van der Waals surface area contributed by atoms with Crippen molar-refractivity contribution >= 4 is 39.3 Å². The Morgan fingerprint density at radius 2 is 1.69 bits per heavy atom. The zero-order valence-electron chi connectivity index (χ0n) is 18.7. The number of carbonyl (C=O) groups is 2. The summed E-state index contributed by atoms with van der Waals surface area (Å²) in [7, 11) is 0. The van der Waals surface area contributed by atoms with E-state index in [0.717, 1.165) is 39.5 Å². The van der Waals surface area contributed by atoms with Gasteiger partial charge in [-0.25, -0.2) is 0 Å². The number of benzene rings is 3. The molecule has 1 aromatic heterocycles. The summed E-state index contributed by atoms with van der Waals surface area (Å²) in [6.07, 6.45) is 4.62. The lowest BCUT2D eigenvalue weighted by atomic mass is 10.0. The molecule has 0 atom stereocenters. The fraction of sp³-hybridized carbons (Fsp3) is 0.259. The molecule has 0 fully saturated rings. The van der Waals surface area contributed by atoms with Crippen molar-refractivity contribution in [3.63, 3.8) is 0 Å². The molecule has 0 saturated heterocycles. The topological polar surface area (TPSA) is 77.1 Å². The molecular formula is C27H29N3O2. The van der Waals surface area contributed by atoms with Gasteiger partial charge in [-0.2, -0.15) is 0 Å². The first-order chi connectivity index (χ1) is 15.5. The van der Waals surface area contributed by atoms with E-state index in [4.69, 9.17) is 5.73 Å². The number of primary amides is 1. The summed E-state index contributed by atoms with van der Waals surface area (Å²) in [5.41, 5.74) is 11.6. The monoisotopic (exact) mass is 427 g/mol. The van der Waals surface area contributed by atoms with Gasteiger partial charge in [-0.15, -0.1) is 0 Å². The number of nitrogens with two attached hydrogens (primary N) is 1. The Labute approximate surface area is 188 Å². The molecule has 0 unspecified atom stereocenters. The fourth-order valence-electron chi connectivity index (χ4n) is 4.38. The summed E-state index contributed by atoms with van der Waals surface area (Å²) < 4.78 is 2.26. The maximum absolute atomic E-state index is 12.2. The van der Waals surface area contributed by atoms with Crippen LogP contribution in [0.25, 0.3) is 21.8 Å². The van der Waals surface area contributed by atoms with Crippen LogP contribution in [0.3, 0.4) is 0 Å². The third-order valence-electron chi connectivity index (χ3n) is 5.90. The predicted molar refractivity (Wildman–Crippen MR) is 131 cm³/mol. The third kappa shape index (κ3) is 4.37. The second-order valence-electron chi connectivity index (χ2n) is 8.34. The first-order valence-electron chi connectivity index (χ1n) is 11.2. The third-order valence-corrected chi connectivity index (χ3v) is 5.90. The van der Waals surface area contributed by atoms with E-state index in [1.807, 2.05) is 36.4 Å². The van der Waals surface area contributed by atoms with Gasteiger partial charge in [0.15, 0.2) is 0 Å². The summed E-state index contributed by atoms with van der Waals surface area (Å²) in [5, 5.41) is 4.76. The molecule has 0 bridgehead atoms. The number of carbonyl (C=O) groups excluding carboxylic acids is 2. The highest BCUT2D eigenvalue weighted by Crippen LogP contribution is 2.33. The number of hydrogen-bond acceptors (Lipinski definition) is 2. The van der Waals surface area contributed by atoms with Crippen LogP contribution in [0.15, 0.2) is 60.7 Å². The molecule has 4 rings (SSSR count). The smallest absolute Gasteiger partial charge is 0.249 e. The Bertz CT molecular complexity index is 1290. The number of rotatable bonds is 8. The molecule has 0 aliphatic rings. The number of nitrogens with zero attached hydrogens (tertiary/aromatic N) is 1. The SMILES string of the molecule is CCCCCc1ccc2c3c(C(N)=O)cccc3n(Cc3ccc(NC(C)=O)cc3)c2c1. The molecule has 5 heteroatoms. The lowest BCUT2D eigenvalue weighted by Gasteiger charge is -2.10. The molecule has 164 valence electrons. The number of fused-ring (bicyclic) bond motifs is 3. The molecule has 0 spiro atoms. The van der Waals surface area contributed by atoms with Crippen molar-refractivity contribution in [3.8, 4) is 0 Å². The Hall–Kier alpha value is -3.60. The molecule has 2 amide bonds. The first kappa shape index (κ1) is 21.6. The van der Waals surface area contributed by atoms with Crippen LogP contribution in [0, 0.1) is 0 Å². The molecule has 5 nitrogen and oxygen atoms in total. The van der Waals surface area contributed by atoms with Gasteiger partial charge in [0.1, 0.15) is 0 Å². The van der Waals surface area contributed by atoms with Crippen LogP contribution in [-0.2, 0) is 17.8 Å². The molecule has 0 aliphatic carbocycles. The van der Waals surface area contributed by atoms with Gasteiger partial charge in [0.2, 0.25) is 11.8 Å². The van der Waals surface area contributed by atoms with Crippen molar-refractivity contribution in [3.05, 3.63) is 77.4 Å². The minimum atomic E-state index is -0.415. The lowest BCUT2D eigenvalue weighted by Crippen LogP contribution is -2.11. The summed E-state index contributed by atoms with van der Waals surface area (Å²) >= 11 is 0. The molecular weight excluding hydrogens is 398 g/mol. The number of unbranched alkanes of at least 4 members (excludes halogenated alkanes) is 2. The van der Waals surface area contributed by atoms with Crippen molar-refractivity contribution in [2.45, 2.75) is 46.1 Å². The van der Waals surface area contributed by atoms with Gasteiger partial charge in [-0.1, -0.05) is 50.1 Å². The Balaban J connectivity index is 1.82. The van der Waals surface area contributed by atoms with Crippen LogP contribution in [0.4, 0.5) is 5.69 Å². The number of aryl methyl sites for hydroxylation is 1. The standard InChI is InChI=1S/C27H29N3O2/c1-3-4-5-7-19-12-15-22-25(16-19)30(24-9-6-8-23(26(22)24)27(28)32)17-20-10-13-21(14-11-20)29-18(2)31/h6,8-16H,3-5,7,17H2,1-2H3,(H2,28,32)(H,29,31). The summed E-state index contributed by atoms with van der Waals surface area (Å²) in [6, 6.07) is 20.1. The van der Waals surface area contributed by atoms with Gasteiger partial charge in [0.25, 0.3) is 0 Å². The highest BCUT2D eigenvalue weighted by molar-refractivity contribution is 6.18. The van der Waals surface area contributed by atoms with Gasteiger partial charge in [0, 0.05) is 41.0 Å². The number of hydrogen-bond donors (Lipinski definition) is 2. The summed E-state index contributed by atoms with van der Waals surface area (Å²) in [4.78, 5) is 23.5. The molecule has 3 aromatic carbocycles. The van der Waals surface area contributed by atoms with Crippen LogP contribution in [-0.4, -0.2) is 16.4 Å². The van der Waals surface area contributed by atoms with Crippen LogP contribution in [0.1, 0.15) is 54.6 Å². The van der Waals surface area contributed by atoms with Gasteiger partial charge in [-0.05, 0) is 54.3 Å². The van der Waals surface area contributed by atoms with E-state index in [0.29, 0.717) is 12.1 Å². The largest absolute Gasteiger partial charge is 0.366 e. The minimum Gasteiger partial charge on any atom is -0.366 e. The summed E-state index contributed by atoms with van der Waals surface area (Å²) in [6.45, 7) is 4.37. The molecule has 3 N–H and O–H groups in total. The van der Waals surface area contributed by atoms with Crippen molar-refractivity contribution in [2.24, 2.45) is 5.73 Å². The van der Waals surface area contributed by atoms with Crippen LogP contribution in [0.2, 0.25) is 0 Å². The average Bonchev–Trinajstić information content (AvgIpc) is 3.08. The Kier molecular flexibility index (Phi) is 6.26. The zero-order valence-corrected chi connectivity index (χ0v) is 18.7. The van der Waals surface area contributed by atoms with Crippen molar-refractivity contribution < 1.29 is 9.59 Å². The molecule has 32 heavy (non-hydrogen) atoms. The van der Waals surface area contributed by atoms with E-state index in [-0.39, 0.29) is 5.91 Å². The average molecular weight is 428 g/mol. The van der Waals surface area contributed by atoms with E-state index < -0.39 is 5.91 Å². The fourth-order valence-corrected chi connectivity index (χ4v) is 4.38. The lowest BCUT2D eigenvalue weighted by molar-refractivity contribution is -0.114. The summed E-state index contributed by atoms with van der Waals surface area (Å²) in [5.74, 6) is -0.504. The van der Waals surface area contributed by atoms with E-state index in [2.05, 4.69) is 35.0 Å². The normalized spacial score (nSPS) is 11.2. The maximum atomic E-state index is 12.2. The van der Waals surface area contributed by atoms with Gasteiger partial charge < -0.3 is 15.6 Å². The van der Waals surface area contributed by atoms with Crippen LogP contribution >= 0.6 is 0 Å². The Morgan fingerprint density at radius 3 is 2.38 bits per heavy atom. The van der Waals surface area contributed by atoms with E-state index in [9.17, 15) is 9.59 Å². The van der Waals surface area contributed by atoms with Crippen LogP contribution < -0.4 is 11.1 Å². The zero-order chi connectivity index (χ0) is 22.7. The molecule has 0 radical (unpaired) electrons. The predicted octanol–water partition coefficient (Wildman–Crippen LogP) is 5.63. The minimum absolute atomic E-state index is 0.0882. The molecule has 0 aliphatic heterocycles. The van der Waals surface area contributed by atoms with Crippen molar-refractivity contribution in [1.82, 2.24) is 4.57 Å². The number of aromatic nitrogens is 1. The molecule has 0 saturated carbocycles. The Morgan fingerprint density at radius 1 is 0.938 bits per heavy atom. The van der Waals surface area contributed by atoms with Crippen molar-refractivity contribution in [2.75, 3.05) is 5.32 Å². The number of anilines is 1. The molecule has 4 aromatic rings. The van der Waals surface area contributed by atoms with Gasteiger partial charge in [0.05, 0.1) is 5.52 Å². The number of nitrogens with one attached hydrogen (secondary N) is 1. The highest BCUT2D eigenvalue weighted by atomic mass is 16.1. The second-order valence-corrected chi connectivity index (χ2v) is 8.34. The van der Waals surface area contributed by atoms with E-state index in [1.54, 1.807) is 6.07 Å². The van der Waals surface area contributed by atoms with Gasteiger partial charge in [-0.3, -0.25) is 9.59 Å².